The van der Waals surface area contributed by atoms with E-state index >= 15 is 0 Å². The molecule has 0 amide bonds. The molecule has 110 valence electrons. The first-order valence-corrected chi connectivity index (χ1v) is 8.80. The van der Waals surface area contributed by atoms with Crippen molar-refractivity contribution < 1.29 is 4.74 Å². The van der Waals surface area contributed by atoms with E-state index < -0.39 is 0 Å². The first-order valence-electron chi connectivity index (χ1n) is 6.59. The number of hydrogen-bond donors (Lipinski definition) is 1. The van der Waals surface area contributed by atoms with E-state index in [-0.39, 0.29) is 0 Å². The molecule has 4 nitrogen and oxygen atoms in total. The van der Waals surface area contributed by atoms with Gasteiger partial charge in [0.15, 0.2) is 5.13 Å². The summed E-state index contributed by atoms with van der Waals surface area (Å²) in [6.07, 6.45) is 5.28. The van der Waals surface area contributed by atoms with Gasteiger partial charge in [-0.1, -0.05) is 6.92 Å². The van der Waals surface area contributed by atoms with Gasteiger partial charge in [0.25, 0.3) is 0 Å². The topological polar surface area (TPSA) is 37.4 Å². The lowest BCUT2D eigenvalue weighted by Crippen LogP contribution is -2.32. The number of ether oxygens (including phenoxy) is 1. The fourth-order valence-electron chi connectivity index (χ4n) is 1.78. The van der Waals surface area contributed by atoms with E-state index in [0.717, 1.165) is 37.0 Å². The molecule has 1 aromatic rings. The highest BCUT2D eigenvalue weighted by molar-refractivity contribution is 7.98. The molecule has 0 aliphatic rings. The second kappa shape index (κ2) is 9.58. The summed E-state index contributed by atoms with van der Waals surface area (Å²) in [5, 5.41) is 4.46. The van der Waals surface area contributed by atoms with E-state index in [1.807, 2.05) is 18.0 Å². The molecule has 0 aromatic carbocycles. The fraction of sp³-hybridized carbons (Fsp3) is 0.769. The van der Waals surface area contributed by atoms with Crippen LogP contribution in [-0.4, -0.2) is 50.3 Å². The third kappa shape index (κ3) is 5.69. The molecule has 1 rings (SSSR count). The van der Waals surface area contributed by atoms with Crippen molar-refractivity contribution in [1.82, 2.24) is 10.3 Å². The normalized spacial score (nSPS) is 12.6. The molecule has 0 radical (unpaired) electrons. The van der Waals surface area contributed by atoms with Crippen LogP contribution in [0.1, 0.15) is 18.2 Å². The number of hydrogen-bond acceptors (Lipinski definition) is 6. The molecular weight excluding hydrogens is 278 g/mol. The van der Waals surface area contributed by atoms with Crippen LogP contribution < -0.4 is 10.2 Å². The summed E-state index contributed by atoms with van der Waals surface area (Å²) in [5.41, 5.74) is 0. The van der Waals surface area contributed by atoms with E-state index in [2.05, 4.69) is 35.4 Å². The van der Waals surface area contributed by atoms with Gasteiger partial charge in [-0.25, -0.2) is 4.98 Å². The van der Waals surface area contributed by atoms with E-state index in [1.54, 1.807) is 18.4 Å². The van der Waals surface area contributed by atoms with Gasteiger partial charge in [-0.05, 0) is 12.7 Å². The summed E-state index contributed by atoms with van der Waals surface area (Å²) < 4.78 is 5.01. The Hall–Kier alpha value is -0.300. The van der Waals surface area contributed by atoms with Gasteiger partial charge >= 0.3 is 0 Å². The lowest BCUT2D eigenvalue weighted by Gasteiger charge is -2.26. The standard InChI is InChI=1S/C13H25N3OS2/c1-5-11(10-18-4)16(2)13-15-9-12(19-13)8-14-6-7-17-3/h9,11,14H,5-8,10H2,1-4H3. The lowest BCUT2D eigenvalue weighted by molar-refractivity contribution is 0.199. The van der Waals surface area contributed by atoms with Crippen LogP contribution in [0.5, 0.6) is 0 Å². The van der Waals surface area contributed by atoms with Crippen LogP contribution in [0.4, 0.5) is 5.13 Å². The summed E-state index contributed by atoms with van der Waals surface area (Å²) >= 11 is 3.66. The second-order valence-electron chi connectivity index (χ2n) is 4.41. The van der Waals surface area contributed by atoms with E-state index in [4.69, 9.17) is 4.74 Å². The molecule has 0 saturated heterocycles. The number of aromatic nitrogens is 1. The fourth-order valence-corrected chi connectivity index (χ4v) is 3.54. The molecular formula is C13H25N3OS2. The van der Waals surface area contributed by atoms with Gasteiger partial charge in [0.05, 0.1) is 6.61 Å². The number of rotatable bonds is 10. The zero-order chi connectivity index (χ0) is 14.1. The van der Waals surface area contributed by atoms with Crippen molar-refractivity contribution in [2.75, 3.05) is 44.2 Å². The number of thioether (sulfide) groups is 1. The Bertz CT molecular complexity index is 346. The number of nitrogens with one attached hydrogen (secondary N) is 1. The third-order valence-corrected chi connectivity index (χ3v) is 4.81. The van der Waals surface area contributed by atoms with E-state index in [1.165, 1.54) is 4.88 Å². The Kier molecular flexibility index (Phi) is 8.45. The predicted molar refractivity (Wildman–Crippen MR) is 86.6 cm³/mol. The Morgan fingerprint density at radius 3 is 3.00 bits per heavy atom. The maximum atomic E-state index is 5.01. The molecule has 1 heterocycles. The molecule has 1 unspecified atom stereocenters. The minimum absolute atomic E-state index is 0.565. The molecule has 0 spiro atoms. The van der Waals surface area contributed by atoms with E-state index in [9.17, 15) is 0 Å². The SMILES string of the molecule is CCC(CSC)N(C)c1ncc(CNCCOC)s1. The molecule has 0 aliphatic heterocycles. The van der Waals surface area contributed by atoms with E-state index in [0.29, 0.717) is 6.04 Å². The summed E-state index contributed by atoms with van der Waals surface area (Å²) in [6.45, 7) is 4.73. The van der Waals surface area contributed by atoms with Crippen molar-refractivity contribution in [3.05, 3.63) is 11.1 Å². The highest BCUT2D eigenvalue weighted by atomic mass is 32.2. The largest absolute Gasteiger partial charge is 0.383 e. The molecule has 1 aromatic heterocycles. The van der Waals surface area contributed by atoms with Crippen molar-refractivity contribution in [1.29, 1.82) is 0 Å². The van der Waals surface area contributed by atoms with Gasteiger partial charge in [-0.2, -0.15) is 11.8 Å². The molecule has 1 N–H and O–H groups in total. The average Bonchev–Trinajstić information content (AvgIpc) is 2.89. The molecule has 19 heavy (non-hydrogen) atoms. The first kappa shape index (κ1) is 16.8. The monoisotopic (exact) mass is 303 g/mol. The highest BCUT2D eigenvalue weighted by Crippen LogP contribution is 2.24. The van der Waals surface area contributed by atoms with Gasteiger partial charge in [-0.15, -0.1) is 11.3 Å². The summed E-state index contributed by atoms with van der Waals surface area (Å²) in [5.74, 6) is 1.15. The van der Waals surface area contributed by atoms with Gasteiger partial charge in [-0.3, -0.25) is 0 Å². The number of anilines is 1. The molecule has 0 fully saturated rings. The van der Waals surface area contributed by atoms with Gasteiger partial charge < -0.3 is 15.0 Å². The Morgan fingerprint density at radius 2 is 2.37 bits per heavy atom. The van der Waals surface area contributed by atoms with Crippen molar-refractivity contribution >= 4 is 28.2 Å². The average molecular weight is 303 g/mol. The summed E-state index contributed by atoms with van der Waals surface area (Å²) in [7, 11) is 3.86. The van der Waals surface area contributed by atoms with Crippen molar-refractivity contribution in [2.45, 2.75) is 25.9 Å². The molecule has 1 atom stereocenters. The predicted octanol–water partition coefficient (Wildman–Crippen LogP) is 2.46. The highest BCUT2D eigenvalue weighted by Gasteiger charge is 2.15. The lowest BCUT2D eigenvalue weighted by atomic mass is 10.2. The van der Waals surface area contributed by atoms with Gasteiger partial charge in [0.1, 0.15) is 0 Å². The van der Waals surface area contributed by atoms with Crippen LogP contribution in [0.15, 0.2) is 6.20 Å². The van der Waals surface area contributed by atoms with Crippen molar-refractivity contribution in [2.24, 2.45) is 0 Å². The van der Waals surface area contributed by atoms with Crippen molar-refractivity contribution in [3.63, 3.8) is 0 Å². The summed E-state index contributed by atoms with van der Waals surface area (Å²) in [4.78, 5) is 8.11. The number of nitrogens with zero attached hydrogens (tertiary/aromatic N) is 2. The first-order chi connectivity index (χ1) is 9.22. The Balaban J connectivity index is 2.48. The van der Waals surface area contributed by atoms with Crippen LogP contribution >= 0.6 is 23.1 Å². The molecule has 0 aliphatic carbocycles. The Morgan fingerprint density at radius 1 is 1.58 bits per heavy atom. The summed E-state index contributed by atoms with van der Waals surface area (Å²) in [6, 6.07) is 0.565. The quantitative estimate of drug-likeness (QED) is 0.672. The van der Waals surface area contributed by atoms with Crippen LogP contribution in [0.25, 0.3) is 0 Å². The maximum absolute atomic E-state index is 5.01. The van der Waals surface area contributed by atoms with Crippen LogP contribution in [0, 0.1) is 0 Å². The zero-order valence-corrected chi connectivity index (χ0v) is 13.9. The van der Waals surface area contributed by atoms with Crippen molar-refractivity contribution in [3.8, 4) is 0 Å². The van der Waals surface area contributed by atoms with Crippen LogP contribution in [0.3, 0.4) is 0 Å². The van der Waals surface area contributed by atoms with Gasteiger partial charge in [0.2, 0.25) is 0 Å². The maximum Gasteiger partial charge on any atom is 0.185 e. The Labute approximate surface area is 124 Å². The minimum Gasteiger partial charge on any atom is -0.383 e. The zero-order valence-electron chi connectivity index (χ0n) is 12.3. The van der Waals surface area contributed by atoms with Crippen LogP contribution in [0.2, 0.25) is 0 Å². The third-order valence-electron chi connectivity index (χ3n) is 3.00. The second-order valence-corrected chi connectivity index (χ2v) is 6.41. The molecule has 6 heteroatoms. The molecule has 0 bridgehead atoms. The van der Waals surface area contributed by atoms with Gasteiger partial charge in [0, 0.05) is 50.1 Å². The molecule has 0 saturated carbocycles. The number of methoxy groups -OCH3 is 1. The smallest absolute Gasteiger partial charge is 0.185 e. The van der Waals surface area contributed by atoms with Crippen LogP contribution in [-0.2, 0) is 11.3 Å². The number of thiazole rings is 1. The minimum atomic E-state index is 0.565.